The molecule has 7 heteroatoms. The molecule has 1 aromatic rings. The maximum atomic E-state index is 12.6. The summed E-state index contributed by atoms with van der Waals surface area (Å²) >= 11 is 0. The van der Waals surface area contributed by atoms with Crippen molar-refractivity contribution in [1.29, 1.82) is 0 Å². The van der Waals surface area contributed by atoms with Crippen LogP contribution in [0.3, 0.4) is 0 Å². The van der Waals surface area contributed by atoms with Crippen LogP contribution in [0.1, 0.15) is 48.9 Å². The highest BCUT2D eigenvalue weighted by Gasteiger charge is 2.43. The fraction of sp³-hybridized carbons (Fsp3) is 0.571. The smallest absolute Gasteiger partial charge is 0.323 e. The number of carbonyl (C=O) groups excluding carboxylic acids is 3. The summed E-state index contributed by atoms with van der Waals surface area (Å²) in [5, 5.41) is 5.92. The van der Waals surface area contributed by atoms with Crippen LogP contribution in [-0.4, -0.2) is 54.5 Å². The van der Waals surface area contributed by atoms with Crippen molar-refractivity contribution in [3.05, 3.63) is 29.8 Å². The van der Waals surface area contributed by atoms with Gasteiger partial charge in [-0.05, 0) is 50.3 Å². The lowest BCUT2D eigenvalue weighted by Crippen LogP contribution is -2.46. The minimum atomic E-state index is -0.319. The number of hydrogen-bond acceptors (Lipinski definition) is 5. The van der Waals surface area contributed by atoms with Crippen LogP contribution in [0, 0.1) is 5.92 Å². The van der Waals surface area contributed by atoms with Crippen LogP contribution >= 0.6 is 0 Å². The number of amides is 2. The number of likely N-dealkylation sites (tertiary alicyclic amines) is 1. The quantitative estimate of drug-likeness (QED) is 0.757. The third kappa shape index (κ3) is 4.04. The lowest BCUT2D eigenvalue weighted by molar-refractivity contribution is -0.155. The van der Waals surface area contributed by atoms with Gasteiger partial charge in [-0.3, -0.25) is 19.3 Å². The minimum absolute atomic E-state index is 0.120. The zero-order chi connectivity index (χ0) is 19.5. The maximum Gasteiger partial charge on any atom is 0.323 e. The van der Waals surface area contributed by atoms with Gasteiger partial charge in [0.2, 0.25) is 5.91 Å². The molecule has 0 bridgehead atoms. The highest BCUT2D eigenvalue weighted by molar-refractivity contribution is 6.04. The number of benzene rings is 1. The first-order chi connectivity index (χ1) is 13.6. The van der Waals surface area contributed by atoms with Crippen molar-refractivity contribution in [2.75, 3.05) is 25.0 Å². The van der Waals surface area contributed by atoms with Crippen molar-refractivity contribution < 1.29 is 19.1 Å². The molecule has 150 valence electrons. The molecule has 1 aliphatic carbocycles. The number of para-hydroxylation sites is 1. The number of ether oxygens (including phenoxy) is 1. The molecule has 1 saturated carbocycles. The maximum absolute atomic E-state index is 12.6. The molecular weight excluding hydrogens is 358 g/mol. The van der Waals surface area contributed by atoms with E-state index in [9.17, 15) is 14.4 Å². The van der Waals surface area contributed by atoms with Gasteiger partial charge in [-0.1, -0.05) is 25.0 Å². The van der Waals surface area contributed by atoms with E-state index in [2.05, 4.69) is 10.6 Å². The van der Waals surface area contributed by atoms with E-state index in [1.54, 1.807) is 24.3 Å². The fourth-order valence-corrected chi connectivity index (χ4v) is 4.64. The average Bonchev–Trinajstić information content (AvgIpc) is 3.33. The number of cyclic esters (lactones) is 1. The molecule has 2 aliphatic heterocycles. The molecule has 2 atom stereocenters. The molecule has 4 rings (SSSR count). The zero-order valence-electron chi connectivity index (χ0n) is 16.0. The highest BCUT2D eigenvalue weighted by atomic mass is 16.5. The molecule has 2 saturated heterocycles. The van der Waals surface area contributed by atoms with Crippen LogP contribution in [0.2, 0.25) is 0 Å². The van der Waals surface area contributed by atoms with Gasteiger partial charge in [-0.15, -0.1) is 0 Å². The van der Waals surface area contributed by atoms with E-state index in [1.165, 1.54) is 0 Å². The average molecular weight is 385 g/mol. The first-order valence-corrected chi connectivity index (χ1v) is 10.2. The summed E-state index contributed by atoms with van der Waals surface area (Å²) in [6, 6.07) is 6.96. The van der Waals surface area contributed by atoms with Crippen LogP contribution in [0.15, 0.2) is 24.3 Å². The molecule has 2 amide bonds. The molecule has 0 spiro atoms. The molecule has 2 N–H and O–H groups in total. The van der Waals surface area contributed by atoms with Crippen LogP contribution in [0.4, 0.5) is 5.69 Å². The van der Waals surface area contributed by atoms with Gasteiger partial charge in [0.25, 0.3) is 5.91 Å². The molecular formula is C21H27N3O4. The Morgan fingerprint density at radius 3 is 2.71 bits per heavy atom. The molecule has 3 fully saturated rings. The number of nitrogens with zero attached hydrogens (tertiary/aromatic N) is 1. The van der Waals surface area contributed by atoms with Gasteiger partial charge in [-0.25, -0.2) is 0 Å². The normalized spacial score (nSPS) is 25.2. The Morgan fingerprint density at radius 2 is 1.89 bits per heavy atom. The lowest BCUT2D eigenvalue weighted by atomic mass is 9.95. The Balaban J connectivity index is 1.39. The predicted octanol–water partition coefficient (Wildman–Crippen LogP) is 1.93. The molecule has 0 radical (unpaired) electrons. The number of nitrogens with one attached hydrogen (secondary N) is 2. The van der Waals surface area contributed by atoms with E-state index in [1.807, 2.05) is 4.90 Å². The molecule has 28 heavy (non-hydrogen) atoms. The summed E-state index contributed by atoms with van der Waals surface area (Å²) in [6.07, 6.45) is 6.07. The molecule has 0 aromatic heterocycles. The fourth-order valence-electron chi connectivity index (χ4n) is 4.64. The third-order valence-electron chi connectivity index (χ3n) is 6.08. The van der Waals surface area contributed by atoms with E-state index in [0.717, 1.165) is 38.5 Å². The number of hydrogen-bond donors (Lipinski definition) is 2. The van der Waals surface area contributed by atoms with Gasteiger partial charge in [0, 0.05) is 6.04 Å². The zero-order valence-corrected chi connectivity index (χ0v) is 16.0. The van der Waals surface area contributed by atoms with E-state index in [-0.39, 0.29) is 42.3 Å². The van der Waals surface area contributed by atoms with Gasteiger partial charge >= 0.3 is 5.97 Å². The third-order valence-corrected chi connectivity index (χ3v) is 6.08. The van der Waals surface area contributed by atoms with Crippen LogP contribution in [-0.2, 0) is 14.3 Å². The van der Waals surface area contributed by atoms with E-state index >= 15 is 0 Å². The van der Waals surface area contributed by atoms with Crippen LogP contribution in [0.25, 0.3) is 0 Å². The number of carbonyl (C=O) groups is 3. The number of anilines is 1. The number of esters is 1. The Hall–Kier alpha value is -2.41. The lowest BCUT2D eigenvalue weighted by Gasteiger charge is -2.29. The molecule has 0 unspecified atom stereocenters. The standard InChI is InChI=1S/C21H27N3O4/c25-18(13-24-11-9-14-10-12-28-21(27)19(14)24)23-17-8-4-3-7-16(17)20(26)22-15-5-1-2-6-15/h3-4,7-8,14-15,19H,1-2,5-6,9-13H2,(H,22,26)(H,23,25)/t14-,19+/m0/s1. The molecule has 1 aromatic carbocycles. The van der Waals surface area contributed by atoms with E-state index < -0.39 is 0 Å². The Labute approximate surface area is 164 Å². The monoisotopic (exact) mass is 385 g/mol. The van der Waals surface area contributed by atoms with Crippen molar-refractivity contribution in [3.63, 3.8) is 0 Å². The second-order valence-corrected chi connectivity index (χ2v) is 7.97. The second-order valence-electron chi connectivity index (χ2n) is 7.97. The van der Waals surface area contributed by atoms with Crippen molar-refractivity contribution >= 4 is 23.5 Å². The van der Waals surface area contributed by atoms with Crippen molar-refractivity contribution in [2.24, 2.45) is 5.92 Å². The second kappa shape index (κ2) is 8.31. The minimum Gasteiger partial charge on any atom is -0.465 e. The molecule has 2 heterocycles. The summed E-state index contributed by atoms with van der Waals surface area (Å²) < 4.78 is 5.17. The summed E-state index contributed by atoms with van der Waals surface area (Å²) in [7, 11) is 0. The Bertz CT molecular complexity index is 760. The summed E-state index contributed by atoms with van der Waals surface area (Å²) in [4.78, 5) is 39.3. The first-order valence-electron chi connectivity index (χ1n) is 10.2. The predicted molar refractivity (Wildman–Crippen MR) is 104 cm³/mol. The van der Waals surface area contributed by atoms with Gasteiger partial charge in [0.15, 0.2) is 0 Å². The SMILES string of the molecule is O=C(CN1CC[C@H]2CCOC(=O)[C@@H]21)Nc1ccccc1C(=O)NC1CCCC1. The van der Waals surface area contributed by atoms with Gasteiger partial charge in [-0.2, -0.15) is 0 Å². The topological polar surface area (TPSA) is 87.7 Å². The number of fused-ring (bicyclic) bond motifs is 1. The van der Waals surface area contributed by atoms with Crippen molar-refractivity contribution in [1.82, 2.24) is 10.2 Å². The van der Waals surface area contributed by atoms with E-state index in [0.29, 0.717) is 24.4 Å². The van der Waals surface area contributed by atoms with Crippen molar-refractivity contribution in [2.45, 2.75) is 50.6 Å². The van der Waals surface area contributed by atoms with Crippen LogP contribution in [0.5, 0.6) is 0 Å². The number of rotatable bonds is 5. The molecule has 7 nitrogen and oxygen atoms in total. The first kappa shape index (κ1) is 18.9. The Morgan fingerprint density at radius 1 is 1.11 bits per heavy atom. The van der Waals surface area contributed by atoms with E-state index in [4.69, 9.17) is 4.74 Å². The summed E-state index contributed by atoms with van der Waals surface area (Å²) in [5.74, 6) is -0.323. The van der Waals surface area contributed by atoms with Gasteiger partial charge in [0.05, 0.1) is 24.4 Å². The van der Waals surface area contributed by atoms with Crippen molar-refractivity contribution in [3.8, 4) is 0 Å². The largest absolute Gasteiger partial charge is 0.465 e. The summed E-state index contributed by atoms with van der Waals surface area (Å²) in [6.45, 7) is 1.31. The van der Waals surface area contributed by atoms with Gasteiger partial charge < -0.3 is 15.4 Å². The summed E-state index contributed by atoms with van der Waals surface area (Å²) in [5.41, 5.74) is 0.976. The highest BCUT2D eigenvalue weighted by Crippen LogP contribution is 2.31. The van der Waals surface area contributed by atoms with Crippen LogP contribution < -0.4 is 10.6 Å². The van der Waals surface area contributed by atoms with Gasteiger partial charge in [0.1, 0.15) is 6.04 Å². The molecule has 3 aliphatic rings. The Kier molecular flexibility index (Phi) is 5.62.